The van der Waals surface area contributed by atoms with Crippen LogP contribution in [0.2, 0.25) is 0 Å². The van der Waals surface area contributed by atoms with Crippen molar-refractivity contribution in [2.45, 2.75) is 33.2 Å². The second-order valence-corrected chi connectivity index (χ2v) is 4.68. The fourth-order valence-electron chi connectivity index (χ4n) is 1.67. The number of hydrogen-bond acceptors (Lipinski definition) is 2. The van der Waals surface area contributed by atoms with E-state index < -0.39 is 0 Å². The molecule has 0 spiro atoms. The number of hydrogen-bond donors (Lipinski definition) is 1. The van der Waals surface area contributed by atoms with Crippen LogP contribution < -0.4 is 0 Å². The van der Waals surface area contributed by atoms with Gasteiger partial charge in [0.25, 0.3) is 5.91 Å². The number of rotatable bonds is 3. The molecule has 1 rings (SSSR count). The standard InChI is InChI=1S/C12H18N2O2/c1-5-14(12(2,3)4)11(16)10-6-9(8-15)7-13-10/h6-8,13H,5H2,1-4H3. The molecular formula is C12H18N2O2. The van der Waals surface area contributed by atoms with E-state index in [1.165, 1.54) is 6.20 Å². The summed E-state index contributed by atoms with van der Waals surface area (Å²) in [4.78, 5) is 27.2. The zero-order valence-corrected chi connectivity index (χ0v) is 10.2. The van der Waals surface area contributed by atoms with E-state index >= 15 is 0 Å². The number of carbonyl (C=O) groups excluding carboxylic acids is 2. The van der Waals surface area contributed by atoms with Gasteiger partial charge >= 0.3 is 0 Å². The highest BCUT2D eigenvalue weighted by Crippen LogP contribution is 2.16. The van der Waals surface area contributed by atoms with Crippen LogP contribution in [-0.4, -0.2) is 34.2 Å². The first-order chi connectivity index (χ1) is 7.40. The SMILES string of the molecule is CCN(C(=O)c1cc(C=O)c[nH]1)C(C)(C)C. The summed E-state index contributed by atoms with van der Waals surface area (Å²) in [6.45, 7) is 8.53. The topological polar surface area (TPSA) is 53.2 Å². The normalized spacial score (nSPS) is 11.2. The van der Waals surface area contributed by atoms with Gasteiger partial charge in [0, 0.05) is 23.8 Å². The van der Waals surface area contributed by atoms with Crippen LogP contribution in [-0.2, 0) is 0 Å². The fourth-order valence-corrected chi connectivity index (χ4v) is 1.67. The molecule has 0 aliphatic rings. The lowest BCUT2D eigenvalue weighted by Crippen LogP contribution is -2.45. The highest BCUT2D eigenvalue weighted by molar-refractivity contribution is 5.94. The summed E-state index contributed by atoms with van der Waals surface area (Å²) < 4.78 is 0. The molecule has 1 aromatic heterocycles. The molecule has 1 N–H and O–H groups in total. The Balaban J connectivity index is 2.95. The molecule has 1 heterocycles. The molecule has 1 amide bonds. The van der Waals surface area contributed by atoms with Crippen LogP contribution in [0.15, 0.2) is 12.3 Å². The molecule has 0 fully saturated rings. The monoisotopic (exact) mass is 222 g/mol. The molecule has 0 atom stereocenters. The van der Waals surface area contributed by atoms with Crippen molar-refractivity contribution in [1.82, 2.24) is 9.88 Å². The summed E-state index contributed by atoms with van der Waals surface area (Å²) in [5.74, 6) is -0.0805. The molecule has 0 aliphatic heterocycles. The molecule has 0 aromatic carbocycles. The summed E-state index contributed by atoms with van der Waals surface area (Å²) in [5.41, 5.74) is 0.727. The van der Waals surface area contributed by atoms with Crippen molar-refractivity contribution >= 4 is 12.2 Å². The van der Waals surface area contributed by atoms with Gasteiger partial charge in [-0.2, -0.15) is 0 Å². The minimum absolute atomic E-state index is 0.0805. The number of aromatic nitrogens is 1. The van der Waals surface area contributed by atoms with Crippen LogP contribution >= 0.6 is 0 Å². The Labute approximate surface area is 95.6 Å². The summed E-state index contributed by atoms with van der Waals surface area (Å²) >= 11 is 0. The molecule has 0 radical (unpaired) electrons. The van der Waals surface area contributed by atoms with Gasteiger partial charge in [-0.25, -0.2) is 0 Å². The van der Waals surface area contributed by atoms with E-state index in [1.54, 1.807) is 11.0 Å². The summed E-state index contributed by atoms with van der Waals surface area (Å²) in [7, 11) is 0. The zero-order valence-electron chi connectivity index (χ0n) is 10.2. The Hall–Kier alpha value is -1.58. The predicted molar refractivity (Wildman–Crippen MR) is 62.6 cm³/mol. The molecular weight excluding hydrogens is 204 g/mol. The number of amides is 1. The van der Waals surface area contributed by atoms with Gasteiger partial charge < -0.3 is 9.88 Å². The highest BCUT2D eigenvalue weighted by atomic mass is 16.2. The maximum Gasteiger partial charge on any atom is 0.270 e. The van der Waals surface area contributed by atoms with Crippen LogP contribution in [0, 0.1) is 0 Å². The van der Waals surface area contributed by atoms with E-state index in [2.05, 4.69) is 4.98 Å². The van der Waals surface area contributed by atoms with Gasteiger partial charge in [0.2, 0.25) is 0 Å². The highest BCUT2D eigenvalue weighted by Gasteiger charge is 2.26. The summed E-state index contributed by atoms with van der Waals surface area (Å²) in [6, 6.07) is 1.57. The molecule has 4 heteroatoms. The lowest BCUT2D eigenvalue weighted by molar-refractivity contribution is 0.0593. The Morgan fingerprint density at radius 3 is 2.50 bits per heavy atom. The number of nitrogens with zero attached hydrogens (tertiary/aromatic N) is 1. The second-order valence-electron chi connectivity index (χ2n) is 4.68. The first-order valence-corrected chi connectivity index (χ1v) is 5.35. The summed E-state index contributed by atoms with van der Waals surface area (Å²) in [6.07, 6.45) is 2.26. The van der Waals surface area contributed by atoms with E-state index in [-0.39, 0.29) is 11.4 Å². The van der Waals surface area contributed by atoms with Crippen molar-refractivity contribution in [3.8, 4) is 0 Å². The fraction of sp³-hybridized carbons (Fsp3) is 0.500. The molecule has 0 bridgehead atoms. The molecule has 16 heavy (non-hydrogen) atoms. The van der Waals surface area contributed by atoms with Crippen molar-refractivity contribution < 1.29 is 9.59 Å². The van der Waals surface area contributed by atoms with Crippen LogP contribution in [0.5, 0.6) is 0 Å². The number of carbonyl (C=O) groups is 2. The van der Waals surface area contributed by atoms with Crippen molar-refractivity contribution in [2.24, 2.45) is 0 Å². The quantitative estimate of drug-likeness (QED) is 0.796. The van der Waals surface area contributed by atoms with Crippen LogP contribution in [0.3, 0.4) is 0 Å². The zero-order chi connectivity index (χ0) is 12.3. The van der Waals surface area contributed by atoms with E-state index in [4.69, 9.17) is 0 Å². The van der Waals surface area contributed by atoms with Gasteiger partial charge in [0.15, 0.2) is 6.29 Å². The molecule has 0 unspecified atom stereocenters. The van der Waals surface area contributed by atoms with Crippen molar-refractivity contribution in [2.75, 3.05) is 6.54 Å². The van der Waals surface area contributed by atoms with Gasteiger partial charge in [0.1, 0.15) is 5.69 Å². The van der Waals surface area contributed by atoms with Crippen molar-refractivity contribution in [3.63, 3.8) is 0 Å². The molecule has 4 nitrogen and oxygen atoms in total. The molecule has 0 aliphatic carbocycles. The lowest BCUT2D eigenvalue weighted by Gasteiger charge is -2.34. The van der Waals surface area contributed by atoms with E-state index in [0.29, 0.717) is 17.8 Å². The Bertz CT molecular complexity index is 388. The van der Waals surface area contributed by atoms with Gasteiger partial charge in [0.05, 0.1) is 0 Å². The molecule has 1 aromatic rings. The second kappa shape index (κ2) is 4.51. The van der Waals surface area contributed by atoms with Crippen LogP contribution in [0.1, 0.15) is 48.5 Å². The van der Waals surface area contributed by atoms with Gasteiger partial charge in [-0.05, 0) is 33.8 Å². The Morgan fingerprint density at radius 2 is 2.12 bits per heavy atom. The average Bonchev–Trinajstić information content (AvgIpc) is 2.64. The smallest absolute Gasteiger partial charge is 0.270 e. The Morgan fingerprint density at radius 1 is 1.50 bits per heavy atom. The average molecular weight is 222 g/mol. The summed E-state index contributed by atoms with van der Waals surface area (Å²) in [5, 5.41) is 0. The number of nitrogens with one attached hydrogen (secondary N) is 1. The third-order valence-corrected chi connectivity index (χ3v) is 2.44. The van der Waals surface area contributed by atoms with Gasteiger partial charge in [-0.3, -0.25) is 9.59 Å². The van der Waals surface area contributed by atoms with Gasteiger partial charge in [-0.1, -0.05) is 0 Å². The van der Waals surface area contributed by atoms with E-state index in [0.717, 1.165) is 6.29 Å². The third kappa shape index (κ3) is 2.51. The number of aldehydes is 1. The van der Waals surface area contributed by atoms with Crippen molar-refractivity contribution in [3.05, 3.63) is 23.5 Å². The minimum atomic E-state index is -0.224. The van der Waals surface area contributed by atoms with E-state index in [1.807, 2.05) is 27.7 Å². The van der Waals surface area contributed by atoms with Crippen LogP contribution in [0.25, 0.3) is 0 Å². The van der Waals surface area contributed by atoms with Crippen molar-refractivity contribution in [1.29, 1.82) is 0 Å². The van der Waals surface area contributed by atoms with E-state index in [9.17, 15) is 9.59 Å². The minimum Gasteiger partial charge on any atom is -0.356 e. The predicted octanol–water partition coefficient (Wildman–Crippen LogP) is 2.09. The largest absolute Gasteiger partial charge is 0.356 e. The first kappa shape index (κ1) is 12.5. The number of H-pyrrole nitrogens is 1. The maximum absolute atomic E-state index is 12.1. The molecule has 0 saturated carbocycles. The van der Waals surface area contributed by atoms with Crippen LogP contribution in [0.4, 0.5) is 0 Å². The van der Waals surface area contributed by atoms with Gasteiger partial charge in [-0.15, -0.1) is 0 Å². The maximum atomic E-state index is 12.1. The lowest BCUT2D eigenvalue weighted by atomic mass is 10.1. The number of aromatic amines is 1. The third-order valence-electron chi connectivity index (χ3n) is 2.44. The molecule has 0 saturated heterocycles. The molecule has 88 valence electrons. The Kier molecular flexibility index (Phi) is 3.52. The first-order valence-electron chi connectivity index (χ1n) is 5.35.